The van der Waals surface area contributed by atoms with E-state index in [1.807, 2.05) is 0 Å². The highest BCUT2D eigenvalue weighted by Crippen LogP contribution is 2.64. The van der Waals surface area contributed by atoms with Gasteiger partial charge in [-0.15, -0.1) is 11.6 Å². The molecule has 0 spiro atoms. The van der Waals surface area contributed by atoms with Crippen molar-refractivity contribution in [2.24, 2.45) is 22.4 Å². The first-order chi connectivity index (χ1) is 13.1. The minimum atomic E-state index is -3.87. The van der Waals surface area contributed by atoms with Crippen molar-refractivity contribution in [2.45, 2.75) is 48.3 Å². The van der Waals surface area contributed by atoms with Gasteiger partial charge in [0.25, 0.3) is 5.91 Å². The number of rotatable bonds is 5. The second kappa shape index (κ2) is 6.71. The molecule has 4 bridgehead atoms. The van der Waals surface area contributed by atoms with Gasteiger partial charge in [-0.3, -0.25) is 9.59 Å². The van der Waals surface area contributed by atoms with E-state index in [-0.39, 0.29) is 21.4 Å². The van der Waals surface area contributed by atoms with Crippen LogP contribution in [-0.4, -0.2) is 31.8 Å². The van der Waals surface area contributed by atoms with E-state index in [2.05, 4.69) is 5.32 Å². The van der Waals surface area contributed by atoms with Gasteiger partial charge in [0, 0.05) is 10.6 Å². The Morgan fingerprint density at radius 1 is 1.21 bits per heavy atom. The molecule has 2 unspecified atom stereocenters. The summed E-state index contributed by atoms with van der Waals surface area (Å²) in [4.78, 5) is 24.6. The molecule has 1 aromatic carbocycles. The fourth-order valence-corrected chi connectivity index (χ4v) is 6.87. The van der Waals surface area contributed by atoms with Crippen molar-refractivity contribution in [1.29, 1.82) is 0 Å². The van der Waals surface area contributed by atoms with Crippen molar-refractivity contribution in [3.05, 3.63) is 24.3 Å². The maximum absolute atomic E-state index is 12.8. The SMILES string of the molecule is NS(=O)(=O)c1cccc(NC(=O)COC(=O)C23CC4CC(CC(Cl)(C4)C2)C3)c1. The molecule has 1 aromatic rings. The molecule has 152 valence electrons. The molecule has 4 fully saturated rings. The number of hydrogen-bond acceptors (Lipinski definition) is 5. The number of sulfonamides is 1. The van der Waals surface area contributed by atoms with Crippen molar-refractivity contribution >= 4 is 39.2 Å². The minimum Gasteiger partial charge on any atom is -0.455 e. The molecule has 0 aromatic heterocycles. The summed E-state index contributed by atoms with van der Waals surface area (Å²) < 4.78 is 28.2. The number of anilines is 1. The van der Waals surface area contributed by atoms with Gasteiger partial charge in [-0.25, -0.2) is 13.6 Å². The average molecular weight is 427 g/mol. The molecule has 4 aliphatic carbocycles. The molecule has 4 saturated carbocycles. The van der Waals surface area contributed by atoms with Crippen LogP contribution in [0.4, 0.5) is 5.69 Å². The number of benzene rings is 1. The number of nitrogens with two attached hydrogens (primary N) is 1. The van der Waals surface area contributed by atoms with Crippen LogP contribution in [0, 0.1) is 17.3 Å². The lowest BCUT2D eigenvalue weighted by Crippen LogP contribution is -2.56. The lowest BCUT2D eigenvalue weighted by atomic mass is 9.49. The van der Waals surface area contributed by atoms with Gasteiger partial charge in [0.1, 0.15) is 0 Å². The standard InChI is InChI=1S/C19H23ClN2O5S/c20-19-8-12-4-13(9-19)7-18(6-12,11-19)17(24)27-10-16(23)22-14-2-1-3-15(5-14)28(21,25)26/h1-3,5,12-13H,4,6-11H2,(H,22,23)(H2,21,25,26). The van der Waals surface area contributed by atoms with Crippen molar-refractivity contribution in [3.63, 3.8) is 0 Å². The fraction of sp³-hybridized carbons (Fsp3) is 0.579. The van der Waals surface area contributed by atoms with Gasteiger partial charge < -0.3 is 10.1 Å². The third kappa shape index (κ3) is 3.77. The van der Waals surface area contributed by atoms with E-state index in [4.69, 9.17) is 21.5 Å². The van der Waals surface area contributed by atoms with Crippen LogP contribution in [0.2, 0.25) is 0 Å². The minimum absolute atomic E-state index is 0.108. The predicted molar refractivity (Wildman–Crippen MR) is 103 cm³/mol. The normalized spacial score (nSPS) is 33.5. The van der Waals surface area contributed by atoms with E-state index in [0.717, 1.165) is 32.1 Å². The van der Waals surface area contributed by atoms with E-state index < -0.39 is 28.0 Å². The number of carbonyl (C=O) groups is 2. The molecule has 1 amide bonds. The summed E-state index contributed by atoms with van der Waals surface area (Å²) in [6.07, 6.45) is 5.24. The van der Waals surface area contributed by atoms with Crippen LogP contribution in [0.25, 0.3) is 0 Å². The Morgan fingerprint density at radius 2 is 1.89 bits per heavy atom. The van der Waals surface area contributed by atoms with Crippen LogP contribution in [-0.2, 0) is 24.3 Å². The van der Waals surface area contributed by atoms with Crippen molar-refractivity contribution in [3.8, 4) is 0 Å². The molecular formula is C19H23ClN2O5S. The van der Waals surface area contributed by atoms with Gasteiger partial charge in [-0.05, 0) is 68.6 Å². The van der Waals surface area contributed by atoms with Crippen molar-refractivity contribution in [1.82, 2.24) is 0 Å². The van der Waals surface area contributed by atoms with Crippen LogP contribution < -0.4 is 10.5 Å². The van der Waals surface area contributed by atoms with E-state index in [1.165, 1.54) is 24.3 Å². The second-order valence-electron chi connectivity index (χ2n) is 8.59. The van der Waals surface area contributed by atoms with E-state index in [0.29, 0.717) is 18.3 Å². The molecule has 5 rings (SSSR count). The number of carbonyl (C=O) groups excluding carboxylic acids is 2. The van der Waals surface area contributed by atoms with Gasteiger partial charge in [-0.2, -0.15) is 0 Å². The second-order valence-corrected chi connectivity index (χ2v) is 11.0. The first-order valence-corrected chi connectivity index (χ1v) is 11.3. The number of amides is 1. The number of nitrogens with one attached hydrogen (secondary N) is 1. The third-order valence-corrected chi connectivity index (χ3v) is 7.56. The number of alkyl halides is 1. The summed E-state index contributed by atoms with van der Waals surface area (Å²) in [5.74, 6) is 0.0347. The number of esters is 1. The summed E-state index contributed by atoms with van der Waals surface area (Å²) in [6.45, 7) is -0.426. The van der Waals surface area contributed by atoms with Gasteiger partial charge >= 0.3 is 5.97 Å². The topological polar surface area (TPSA) is 116 Å². The summed E-state index contributed by atoms with van der Waals surface area (Å²) in [6, 6.07) is 5.59. The Balaban J connectivity index is 1.37. The van der Waals surface area contributed by atoms with Crippen LogP contribution in [0.5, 0.6) is 0 Å². The molecule has 9 heteroatoms. The molecule has 0 radical (unpaired) electrons. The summed E-state index contributed by atoms with van der Waals surface area (Å²) in [7, 11) is -3.87. The molecule has 2 atom stereocenters. The van der Waals surface area contributed by atoms with E-state index >= 15 is 0 Å². The highest BCUT2D eigenvalue weighted by Gasteiger charge is 2.60. The van der Waals surface area contributed by atoms with Crippen molar-refractivity contribution in [2.75, 3.05) is 11.9 Å². The molecule has 7 nitrogen and oxygen atoms in total. The zero-order valence-corrected chi connectivity index (χ0v) is 16.9. The highest BCUT2D eigenvalue weighted by atomic mass is 35.5. The molecule has 0 aliphatic heterocycles. The van der Waals surface area contributed by atoms with Crippen molar-refractivity contribution < 1.29 is 22.7 Å². The first kappa shape index (κ1) is 19.7. The zero-order chi connectivity index (χ0) is 20.2. The van der Waals surface area contributed by atoms with Gasteiger partial charge in [-0.1, -0.05) is 6.07 Å². The van der Waals surface area contributed by atoms with Gasteiger partial charge in [0.2, 0.25) is 10.0 Å². The lowest BCUT2D eigenvalue weighted by molar-refractivity contribution is -0.171. The Morgan fingerprint density at radius 3 is 2.50 bits per heavy atom. The quantitative estimate of drug-likeness (QED) is 0.554. The predicted octanol–water partition coefficient (Wildman–Crippen LogP) is 2.39. The zero-order valence-electron chi connectivity index (χ0n) is 15.3. The number of ether oxygens (including phenoxy) is 1. The Bertz CT molecular complexity index is 918. The van der Waals surface area contributed by atoms with Gasteiger partial charge in [0.15, 0.2) is 6.61 Å². The number of halogens is 1. The molecular weight excluding hydrogens is 404 g/mol. The summed E-state index contributed by atoms with van der Waals surface area (Å²) in [5, 5.41) is 7.62. The van der Waals surface area contributed by atoms with E-state index in [9.17, 15) is 18.0 Å². The highest BCUT2D eigenvalue weighted by molar-refractivity contribution is 7.89. The first-order valence-electron chi connectivity index (χ1n) is 9.36. The molecule has 28 heavy (non-hydrogen) atoms. The monoisotopic (exact) mass is 426 g/mol. The molecule has 0 saturated heterocycles. The third-order valence-electron chi connectivity index (χ3n) is 6.20. The number of hydrogen-bond donors (Lipinski definition) is 2. The van der Waals surface area contributed by atoms with Crippen LogP contribution in [0.3, 0.4) is 0 Å². The Hall–Kier alpha value is -1.64. The largest absolute Gasteiger partial charge is 0.455 e. The molecule has 4 aliphatic rings. The smallest absolute Gasteiger partial charge is 0.312 e. The number of primary sulfonamides is 1. The molecule has 0 heterocycles. The Kier molecular flexibility index (Phi) is 4.71. The fourth-order valence-electron chi connectivity index (χ4n) is 5.62. The lowest BCUT2D eigenvalue weighted by Gasteiger charge is -2.58. The van der Waals surface area contributed by atoms with Crippen LogP contribution in [0.15, 0.2) is 29.2 Å². The summed E-state index contributed by atoms with van der Waals surface area (Å²) >= 11 is 6.74. The van der Waals surface area contributed by atoms with Crippen LogP contribution in [0.1, 0.15) is 38.5 Å². The Labute approximate surface area is 169 Å². The van der Waals surface area contributed by atoms with Crippen LogP contribution >= 0.6 is 11.6 Å². The average Bonchev–Trinajstić information content (AvgIpc) is 2.57. The van der Waals surface area contributed by atoms with E-state index in [1.54, 1.807) is 0 Å². The van der Waals surface area contributed by atoms with Gasteiger partial charge in [0.05, 0.1) is 10.3 Å². The summed E-state index contributed by atoms with van der Waals surface area (Å²) in [5.41, 5.74) is -0.304. The maximum atomic E-state index is 12.8. The molecule has 3 N–H and O–H groups in total. The maximum Gasteiger partial charge on any atom is 0.312 e.